The second-order valence-electron chi connectivity index (χ2n) is 12.5. The zero-order chi connectivity index (χ0) is 33.0. The third-order valence-corrected chi connectivity index (χ3v) is 7.63. The molecule has 2 saturated heterocycles. The van der Waals surface area contributed by atoms with Gasteiger partial charge in [0.2, 0.25) is 0 Å². The summed E-state index contributed by atoms with van der Waals surface area (Å²) in [5.41, 5.74) is 1.51. The minimum absolute atomic E-state index is 0.130. The number of hydrogen-bond acceptors (Lipinski definition) is 10. The molecule has 0 bridgehead atoms. The highest BCUT2D eigenvalue weighted by Gasteiger charge is 2.36. The number of rotatable bonds is 12. The molecule has 0 spiro atoms. The first-order valence-electron chi connectivity index (χ1n) is 15.7. The SMILES string of the molecule is C=C(COC1COC(C)(C)OCC1NC(=O)OCc1ccccc1)COC1COC(C)(C)OCC1NC(=O)OCC1C=CC=CC1. The van der Waals surface area contributed by atoms with Gasteiger partial charge in [-0.15, -0.1) is 0 Å². The van der Waals surface area contributed by atoms with Crippen molar-refractivity contribution in [2.45, 2.75) is 76.6 Å². The molecule has 0 aromatic heterocycles. The number of allylic oxidation sites excluding steroid dienone is 3. The second-order valence-corrected chi connectivity index (χ2v) is 12.5. The lowest BCUT2D eigenvalue weighted by atomic mass is 10.0. The predicted molar refractivity (Wildman–Crippen MR) is 169 cm³/mol. The van der Waals surface area contributed by atoms with Gasteiger partial charge >= 0.3 is 12.2 Å². The lowest BCUT2D eigenvalue weighted by Gasteiger charge is -2.27. The van der Waals surface area contributed by atoms with Crippen molar-refractivity contribution >= 4 is 12.2 Å². The van der Waals surface area contributed by atoms with E-state index in [1.807, 2.05) is 68.5 Å². The zero-order valence-corrected chi connectivity index (χ0v) is 27.2. The van der Waals surface area contributed by atoms with Crippen molar-refractivity contribution in [3.8, 4) is 0 Å². The predicted octanol–water partition coefficient (Wildman–Crippen LogP) is 4.40. The molecule has 1 aromatic carbocycles. The molecular weight excluding hydrogens is 596 g/mol. The normalized spacial score (nSPS) is 27.1. The molecule has 1 aliphatic carbocycles. The van der Waals surface area contributed by atoms with Crippen molar-refractivity contribution in [3.05, 3.63) is 72.4 Å². The molecule has 1 aromatic rings. The number of carbonyl (C=O) groups is 2. The minimum Gasteiger partial charge on any atom is -0.449 e. The molecule has 5 atom stereocenters. The summed E-state index contributed by atoms with van der Waals surface area (Å²) >= 11 is 0. The Morgan fingerprint density at radius 3 is 1.89 bits per heavy atom. The van der Waals surface area contributed by atoms with Crippen molar-refractivity contribution in [3.63, 3.8) is 0 Å². The molecule has 2 N–H and O–H groups in total. The standard InChI is InChI=1S/C34H48N2O10/c1-24(16-39-29-22-45-33(2,3)43-20-27(29)35-31(37)41-18-25-12-8-6-9-13-25)17-40-30-23-46-34(4,5)44-21-28(30)36-32(38)42-19-26-14-10-7-11-15-26/h6-14,26-30H,1,15-23H2,2-5H3,(H,35,37)(H,36,38). The fourth-order valence-corrected chi connectivity index (χ4v) is 4.81. The van der Waals surface area contributed by atoms with Gasteiger partial charge < -0.3 is 48.5 Å². The first kappa shape index (κ1) is 35.6. The number of ether oxygens (including phenoxy) is 8. The van der Waals surface area contributed by atoms with Crippen LogP contribution in [0.25, 0.3) is 0 Å². The zero-order valence-electron chi connectivity index (χ0n) is 27.2. The van der Waals surface area contributed by atoms with Crippen LogP contribution < -0.4 is 10.6 Å². The van der Waals surface area contributed by atoms with Crippen molar-refractivity contribution in [1.82, 2.24) is 10.6 Å². The van der Waals surface area contributed by atoms with Gasteiger partial charge in [0.1, 0.15) is 18.8 Å². The number of carbonyl (C=O) groups excluding carboxylic acids is 2. The van der Waals surface area contributed by atoms with E-state index in [9.17, 15) is 9.59 Å². The Labute approximate surface area is 271 Å². The molecule has 2 amide bonds. The average molecular weight is 645 g/mol. The van der Waals surface area contributed by atoms with Crippen molar-refractivity contribution in [2.24, 2.45) is 5.92 Å². The Bertz CT molecular complexity index is 1200. The minimum atomic E-state index is -0.852. The Morgan fingerprint density at radius 2 is 1.35 bits per heavy atom. The third-order valence-electron chi connectivity index (χ3n) is 7.63. The molecule has 2 heterocycles. The van der Waals surface area contributed by atoms with Crippen LogP contribution in [0.1, 0.15) is 39.7 Å². The van der Waals surface area contributed by atoms with Gasteiger partial charge in [0, 0.05) is 5.92 Å². The van der Waals surface area contributed by atoms with Crippen molar-refractivity contribution in [2.75, 3.05) is 46.2 Å². The molecule has 3 aliphatic rings. The van der Waals surface area contributed by atoms with E-state index in [0.29, 0.717) is 5.57 Å². The van der Waals surface area contributed by atoms with Crippen LogP contribution in [0.3, 0.4) is 0 Å². The summed E-state index contributed by atoms with van der Waals surface area (Å²) in [6, 6.07) is 8.37. The lowest BCUT2D eigenvalue weighted by Crippen LogP contribution is -2.49. The Morgan fingerprint density at radius 1 is 0.804 bits per heavy atom. The first-order chi connectivity index (χ1) is 22.0. The maximum Gasteiger partial charge on any atom is 0.407 e. The molecule has 2 fully saturated rings. The van der Waals surface area contributed by atoms with E-state index in [1.54, 1.807) is 13.8 Å². The van der Waals surface area contributed by atoms with Gasteiger partial charge in [-0.2, -0.15) is 0 Å². The summed E-state index contributed by atoms with van der Waals surface area (Å²) in [6.45, 7) is 12.7. The van der Waals surface area contributed by atoms with E-state index in [0.717, 1.165) is 12.0 Å². The molecule has 12 heteroatoms. The van der Waals surface area contributed by atoms with Crippen LogP contribution in [0, 0.1) is 5.92 Å². The summed E-state index contributed by atoms with van der Waals surface area (Å²) < 4.78 is 46.7. The first-order valence-corrected chi connectivity index (χ1v) is 15.7. The number of benzene rings is 1. The number of hydrogen-bond donors (Lipinski definition) is 2. The maximum atomic E-state index is 12.7. The Kier molecular flexibility index (Phi) is 13.2. The smallest absolute Gasteiger partial charge is 0.407 e. The molecule has 0 saturated carbocycles. The summed E-state index contributed by atoms with van der Waals surface area (Å²) in [7, 11) is 0. The summed E-state index contributed by atoms with van der Waals surface area (Å²) in [6.07, 6.45) is 6.58. The van der Waals surface area contributed by atoms with Gasteiger partial charge in [-0.3, -0.25) is 0 Å². The van der Waals surface area contributed by atoms with Gasteiger partial charge in [0.05, 0.1) is 58.3 Å². The molecular formula is C34H48N2O10. The van der Waals surface area contributed by atoms with Crippen LogP contribution in [-0.4, -0.2) is 94.3 Å². The quantitative estimate of drug-likeness (QED) is 0.316. The molecule has 5 unspecified atom stereocenters. The molecule has 254 valence electrons. The number of alkyl carbamates (subject to hydrolysis) is 2. The van der Waals surface area contributed by atoms with E-state index in [1.165, 1.54) is 0 Å². The monoisotopic (exact) mass is 644 g/mol. The largest absolute Gasteiger partial charge is 0.449 e. The fourth-order valence-electron chi connectivity index (χ4n) is 4.81. The van der Waals surface area contributed by atoms with Crippen LogP contribution >= 0.6 is 0 Å². The molecule has 46 heavy (non-hydrogen) atoms. The Balaban J connectivity index is 1.27. The topological polar surface area (TPSA) is 132 Å². The number of amides is 2. The van der Waals surface area contributed by atoms with E-state index in [4.69, 9.17) is 37.9 Å². The highest BCUT2D eigenvalue weighted by Crippen LogP contribution is 2.22. The van der Waals surface area contributed by atoms with Gasteiger partial charge in [0.15, 0.2) is 11.6 Å². The second kappa shape index (κ2) is 17.1. The Hall–Kier alpha value is -3.26. The highest BCUT2D eigenvalue weighted by molar-refractivity contribution is 5.68. The molecule has 12 nitrogen and oxygen atoms in total. The van der Waals surface area contributed by atoms with E-state index < -0.39 is 48.1 Å². The van der Waals surface area contributed by atoms with Crippen LogP contribution in [0.4, 0.5) is 9.59 Å². The van der Waals surface area contributed by atoms with E-state index in [2.05, 4.69) is 17.2 Å². The van der Waals surface area contributed by atoms with Crippen molar-refractivity contribution < 1.29 is 47.5 Å². The highest BCUT2D eigenvalue weighted by atomic mass is 16.7. The van der Waals surface area contributed by atoms with Crippen LogP contribution in [0.5, 0.6) is 0 Å². The third kappa shape index (κ3) is 12.2. The van der Waals surface area contributed by atoms with Gasteiger partial charge in [0.25, 0.3) is 0 Å². The van der Waals surface area contributed by atoms with E-state index >= 15 is 0 Å². The van der Waals surface area contributed by atoms with Gasteiger partial charge in [-0.1, -0.05) is 61.2 Å². The fraction of sp³-hybridized carbons (Fsp3) is 0.588. The number of nitrogens with one attached hydrogen (secondary N) is 2. The molecule has 2 aliphatic heterocycles. The summed E-state index contributed by atoms with van der Waals surface area (Å²) in [5, 5.41) is 5.73. The van der Waals surface area contributed by atoms with Crippen LogP contribution in [0.15, 0.2) is 66.8 Å². The maximum absolute atomic E-state index is 12.7. The van der Waals surface area contributed by atoms with Crippen LogP contribution in [0.2, 0.25) is 0 Å². The van der Waals surface area contributed by atoms with Gasteiger partial charge in [-0.25, -0.2) is 9.59 Å². The van der Waals surface area contributed by atoms with E-state index in [-0.39, 0.29) is 58.8 Å². The van der Waals surface area contributed by atoms with Gasteiger partial charge in [-0.05, 0) is 45.3 Å². The summed E-state index contributed by atoms with van der Waals surface area (Å²) in [5.74, 6) is -1.56. The summed E-state index contributed by atoms with van der Waals surface area (Å²) in [4.78, 5) is 25.3. The van der Waals surface area contributed by atoms with Crippen molar-refractivity contribution in [1.29, 1.82) is 0 Å². The average Bonchev–Trinajstić information content (AvgIpc) is 3.27. The lowest BCUT2D eigenvalue weighted by molar-refractivity contribution is -0.204. The molecule has 0 radical (unpaired) electrons. The van der Waals surface area contributed by atoms with Crippen LogP contribution in [-0.2, 0) is 44.5 Å². The molecule has 4 rings (SSSR count).